The van der Waals surface area contributed by atoms with E-state index in [0.717, 1.165) is 36.4 Å². The predicted molar refractivity (Wildman–Crippen MR) is 66.5 cm³/mol. The lowest BCUT2D eigenvalue weighted by Crippen LogP contribution is -2.00. The minimum atomic E-state index is -1.36. The third kappa shape index (κ3) is 3.11. The van der Waals surface area contributed by atoms with Gasteiger partial charge in [-0.1, -0.05) is 0 Å². The van der Waals surface area contributed by atoms with Crippen molar-refractivity contribution in [2.24, 2.45) is 0 Å². The molecule has 0 unspecified atom stereocenters. The lowest BCUT2D eigenvalue weighted by molar-refractivity contribution is -0.385. The summed E-state index contributed by atoms with van der Waals surface area (Å²) in [5, 5.41) is 19.7. The number of benzene rings is 2. The first-order chi connectivity index (χ1) is 9.88. The number of nitro benzene ring substituents is 1. The van der Waals surface area contributed by atoms with Crippen LogP contribution in [0.15, 0.2) is 36.4 Å². The number of carboxylic acids is 1. The molecule has 8 heteroatoms. The minimum absolute atomic E-state index is 0.325. The zero-order valence-electron chi connectivity index (χ0n) is 10.2. The van der Waals surface area contributed by atoms with Crippen molar-refractivity contribution in [1.29, 1.82) is 0 Å². The zero-order chi connectivity index (χ0) is 15.6. The van der Waals surface area contributed by atoms with Crippen LogP contribution in [-0.4, -0.2) is 16.0 Å². The average molecular weight is 295 g/mol. The highest BCUT2D eigenvalue weighted by atomic mass is 19.1. The number of ether oxygens (including phenoxy) is 1. The molecule has 1 N–H and O–H groups in total. The molecule has 0 radical (unpaired) electrons. The number of hydrogen-bond acceptors (Lipinski definition) is 4. The van der Waals surface area contributed by atoms with Gasteiger partial charge in [0.25, 0.3) is 0 Å². The van der Waals surface area contributed by atoms with E-state index in [-0.39, 0.29) is 5.56 Å². The fourth-order valence-corrected chi connectivity index (χ4v) is 1.55. The molecule has 0 aromatic heterocycles. The van der Waals surface area contributed by atoms with Gasteiger partial charge in [0.05, 0.1) is 10.5 Å². The number of carboxylic acid groups (broad SMARTS) is 1. The van der Waals surface area contributed by atoms with E-state index in [2.05, 4.69) is 0 Å². The Morgan fingerprint density at radius 1 is 1.14 bits per heavy atom. The van der Waals surface area contributed by atoms with Crippen LogP contribution in [0.3, 0.4) is 0 Å². The summed E-state index contributed by atoms with van der Waals surface area (Å²) in [5.74, 6) is -3.98. The average Bonchev–Trinajstić information content (AvgIpc) is 2.42. The van der Waals surface area contributed by atoms with E-state index in [1.165, 1.54) is 0 Å². The number of hydrogen-bond donors (Lipinski definition) is 1. The van der Waals surface area contributed by atoms with Crippen LogP contribution in [0.25, 0.3) is 0 Å². The highest BCUT2D eigenvalue weighted by Gasteiger charge is 2.20. The van der Waals surface area contributed by atoms with E-state index in [4.69, 9.17) is 9.84 Å². The maximum absolute atomic E-state index is 13.4. The van der Waals surface area contributed by atoms with Crippen LogP contribution < -0.4 is 4.74 Å². The van der Waals surface area contributed by atoms with Crippen molar-refractivity contribution in [3.8, 4) is 11.5 Å². The summed E-state index contributed by atoms with van der Waals surface area (Å²) in [4.78, 5) is 20.8. The van der Waals surface area contributed by atoms with Gasteiger partial charge in [0.1, 0.15) is 5.82 Å². The Morgan fingerprint density at radius 3 is 2.48 bits per heavy atom. The smallest absolute Gasteiger partial charge is 0.335 e. The first kappa shape index (κ1) is 14.4. The van der Waals surface area contributed by atoms with E-state index in [1.54, 1.807) is 0 Å². The van der Waals surface area contributed by atoms with Gasteiger partial charge in [0, 0.05) is 12.1 Å². The molecule has 0 heterocycles. The van der Waals surface area contributed by atoms with E-state index < -0.39 is 39.7 Å². The monoisotopic (exact) mass is 295 g/mol. The molecular formula is C13H7F2NO5. The van der Waals surface area contributed by atoms with E-state index in [1.807, 2.05) is 0 Å². The summed E-state index contributed by atoms with van der Waals surface area (Å²) in [6.45, 7) is 0. The van der Waals surface area contributed by atoms with Crippen molar-refractivity contribution in [1.82, 2.24) is 0 Å². The number of aromatic carboxylic acids is 1. The Bertz CT molecular complexity index is 732. The molecule has 6 nitrogen and oxygen atoms in total. The molecule has 0 saturated heterocycles. The topological polar surface area (TPSA) is 89.7 Å². The maximum atomic E-state index is 13.4. The van der Waals surface area contributed by atoms with Crippen LogP contribution in [0.1, 0.15) is 10.4 Å². The molecule has 0 bridgehead atoms. The molecular weight excluding hydrogens is 288 g/mol. The van der Waals surface area contributed by atoms with Gasteiger partial charge in [-0.2, -0.15) is 0 Å². The maximum Gasteiger partial charge on any atom is 0.335 e. The van der Waals surface area contributed by atoms with Crippen LogP contribution in [0.4, 0.5) is 14.5 Å². The van der Waals surface area contributed by atoms with Crippen LogP contribution in [0, 0.1) is 21.7 Å². The van der Waals surface area contributed by atoms with Gasteiger partial charge in [0.2, 0.25) is 5.75 Å². The summed E-state index contributed by atoms with van der Waals surface area (Å²) >= 11 is 0. The number of nitro groups is 1. The van der Waals surface area contributed by atoms with E-state index in [9.17, 15) is 23.7 Å². The van der Waals surface area contributed by atoms with Crippen molar-refractivity contribution < 1.29 is 28.3 Å². The summed E-state index contributed by atoms with van der Waals surface area (Å²) in [7, 11) is 0. The summed E-state index contributed by atoms with van der Waals surface area (Å²) < 4.78 is 31.4. The molecule has 0 aliphatic rings. The molecule has 0 amide bonds. The van der Waals surface area contributed by atoms with Crippen LogP contribution in [0.2, 0.25) is 0 Å². The summed E-state index contributed by atoms with van der Waals surface area (Å²) in [6, 6.07) is 5.24. The predicted octanol–water partition coefficient (Wildman–Crippen LogP) is 3.36. The molecule has 0 fully saturated rings. The number of carbonyl (C=O) groups is 1. The van der Waals surface area contributed by atoms with Crippen molar-refractivity contribution in [2.45, 2.75) is 0 Å². The molecule has 0 atom stereocenters. The molecule has 21 heavy (non-hydrogen) atoms. The Kier molecular flexibility index (Phi) is 3.79. The lowest BCUT2D eigenvalue weighted by Gasteiger charge is -2.08. The fraction of sp³-hybridized carbons (Fsp3) is 0. The highest BCUT2D eigenvalue weighted by Crippen LogP contribution is 2.33. The summed E-state index contributed by atoms with van der Waals surface area (Å²) in [6.07, 6.45) is 0. The van der Waals surface area contributed by atoms with Crippen molar-refractivity contribution >= 4 is 11.7 Å². The molecule has 0 spiro atoms. The van der Waals surface area contributed by atoms with Gasteiger partial charge in [-0.3, -0.25) is 10.1 Å². The third-order valence-corrected chi connectivity index (χ3v) is 2.52. The highest BCUT2D eigenvalue weighted by molar-refractivity contribution is 5.88. The normalized spacial score (nSPS) is 10.2. The second-order valence-corrected chi connectivity index (χ2v) is 3.92. The van der Waals surface area contributed by atoms with Crippen LogP contribution in [0.5, 0.6) is 11.5 Å². The number of halogens is 2. The van der Waals surface area contributed by atoms with Gasteiger partial charge >= 0.3 is 11.7 Å². The summed E-state index contributed by atoms with van der Waals surface area (Å²) in [5.41, 5.74) is -0.993. The molecule has 108 valence electrons. The fourth-order valence-electron chi connectivity index (χ4n) is 1.55. The zero-order valence-corrected chi connectivity index (χ0v) is 10.2. The molecule has 0 aliphatic heterocycles. The van der Waals surface area contributed by atoms with E-state index >= 15 is 0 Å². The largest absolute Gasteiger partial charge is 0.478 e. The van der Waals surface area contributed by atoms with Gasteiger partial charge in [-0.05, 0) is 24.3 Å². The van der Waals surface area contributed by atoms with Gasteiger partial charge < -0.3 is 9.84 Å². The number of rotatable bonds is 4. The Balaban J connectivity index is 2.46. The molecule has 2 rings (SSSR count). The first-order valence-electron chi connectivity index (χ1n) is 5.53. The van der Waals surface area contributed by atoms with E-state index in [0.29, 0.717) is 0 Å². The lowest BCUT2D eigenvalue weighted by atomic mass is 10.2. The minimum Gasteiger partial charge on any atom is -0.478 e. The van der Waals surface area contributed by atoms with Gasteiger partial charge in [-0.25, -0.2) is 13.6 Å². The van der Waals surface area contributed by atoms with Crippen molar-refractivity contribution in [3.63, 3.8) is 0 Å². The Morgan fingerprint density at radius 2 is 1.86 bits per heavy atom. The number of nitrogens with zero attached hydrogens (tertiary/aromatic N) is 1. The standard InChI is InChI=1S/C13H7F2NO5/c14-8-2-3-9(15)12(6-8)21-11-4-1-7(13(17)18)5-10(11)16(19)20/h1-6H,(H,17,18). The van der Waals surface area contributed by atoms with Crippen LogP contribution >= 0.6 is 0 Å². The molecule has 2 aromatic carbocycles. The second kappa shape index (κ2) is 5.53. The van der Waals surface area contributed by atoms with Crippen LogP contribution in [-0.2, 0) is 0 Å². The Labute approximate surface area is 116 Å². The molecule has 0 saturated carbocycles. The van der Waals surface area contributed by atoms with Gasteiger partial charge in [0.15, 0.2) is 11.6 Å². The molecule has 2 aromatic rings. The van der Waals surface area contributed by atoms with Gasteiger partial charge in [-0.15, -0.1) is 0 Å². The van der Waals surface area contributed by atoms with Crippen molar-refractivity contribution in [2.75, 3.05) is 0 Å². The second-order valence-electron chi connectivity index (χ2n) is 3.92. The molecule has 0 aliphatic carbocycles. The van der Waals surface area contributed by atoms with Crippen molar-refractivity contribution in [3.05, 3.63) is 63.7 Å². The third-order valence-electron chi connectivity index (χ3n) is 2.52. The Hall–Kier alpha value is -3.03. The SMILES string of the molecule is O=C(O)c1ccc(Oc2cc(F)ccc2F)c([N+](=O)[O-])c1. The first-order valence-corrected chi connectivity index (χ1v) is 5.53. The quantitative estimate of drug-likeness (QED) is 0.690.